The fraction of sp³-hybridized carbons (Fsp3) is 0.600. The number of pyridine rings is 1. The van der Waals surface area contributed by atoms with Crippen molar-refractivity contribution in [3.05, 3.63) is 33.2 Å². The molecule has 5 nitrogen and oxygen atoms in total. The van der Waals surface area contributed by atoms with Crippen LogP contribution in [-0.4, -0.2) is 30.1 Å². The summed E-state index contributed by atoms with van der Waals surface area (Å²) in [6, 6.07) is 1.95. The van der Waals surface area contributed by atoms with Crippen LogP contribution in [0.25, 0.3) is 0 Å². The molecule has 1 aromatic rings. The normalized spacial score (nSPS) is 22.6. The number of aromatic nitrogens is 1. The van der Waals surface area contributed by atoms with E-state index in [0.29, 0.717) is 11.7 Å². The molecule has 0 spiro atoms. The third-order valence-electron chi connectivity index (χ3n) is 3.93. The Morgan fingerprint density at radius 1 is 1.30 bits per heavy atom. The molecular weight excluding hydrogens is 256 g/mol. The summed E-state index contributed by atoms with van der Waals surface area (Å²) in [5, 5.41) is 2.97. The molecule has 1 aliphatic rings. The fourth-order valence-corrected chi connectivity index (χ4v) is 2.84. The van der Waals surface area contributed by atoms with E-state index < -0.39 is 0 Å². The Bertz CT molecular complexity index is 543. The molecule has 0 unspecified atom stereocenters. The van der Waals surface area contributed by atoms with Gasteiger partial charge in [-0.1, -0.05) is 0 Å². The SMILES string of the molecule is COC1CCC(NC(=O)c2c(C)cc(C)[nH]c2=O)CC1. The van der Waals surface area contributed by atoms with Gasteiger partial charge in [0.1, 0.15) is 5.56 Å². The Balaban J connectivity index is 2.05. The zero-order chi connectivity index (χ0) is 14.7. The maximum Gasteiger partial charge on any atom is 0.261 e. The molecule has 1 aromatic heterocycles. The minimum atomic E-state index is -0.314. The average Bonchev–Trinajstić information content (AvgIpc) is 2.38. The molecule has 1 heterocycles. The van der Waals surface area contributed by atoms with Gasteiger partial charge in [-0.3, -0.25) is 9.59 Å². The number of hydrogen-bond acceptors (Lipinski definition) is 3. The number of rotatable bonds is 3. The van der Waals surface area contributed by atoms with E-state index in [2.05, 4.69) is 10.3 Å². The lowest BCUT2D eigenvalue weighted by Gasteiger charge is -2.28. The molecule has 2 N–H and O–H groups in total. The monoisotopic (exact) mass is 278 g/mol. The van der Waals surface area contributed by atoms with Gasteiger partial charge in [-0.05, 0) is 51.2 Å². The maximum atomic E-state index is 12.3. The minimum absolute atomic E-state index is 0.133. The summed E-state index contributed by atoms with van der Waals surface area (Å²) in [6.07, 6.45) is 3.99. The van der Waals surface area contributed by atoms with E-state index in [1.165, 1.54) is 0 Å². The first-order valence-electron chi connectivity index (χ1n) is 7.05. The number of H-pyrrole nitrogens is 1. The lowest BCUT2D eigenvalue weighted by Crippen LogP contribution is -2.41. The molecule has 0 bridgehead atoms. The summed E-state index contributed by atoms with van der Waals surface area (Å²) >= 11 is 0. The number of carbonyl (C=O) groups excluding carboxylic acids is 1. The lowest BCUT2D eigenvalue weighted by atomic mass is 9.92. The number of aryl methyl sites for hydroxylation is 2. The van der Waals surface area contributed by atoms with Gasteiger partial charge in [0.05, 0.1) is 6.10 Å². The molecule has 0 aliphatic heterocycles. The van der Waals surface area contributed by atoms with E-state index in [1.807, 2.05) is 13.0 Å². The molecule has 0 aromatic carbocycles. The van der Waals surface area contributed by atoms with Crippen molar-refractivity contribution in [3.63, 3.8) is 0 Å². The van der Waals surface area contributed by atoms with Gasteiger partial charge in [0.2, 0.25) is 0 Å². The van der Waals surface area contributed by atoms with Crippen molar-refractivity contribution in [2.45, 2.75) is 51.7 Å². The zero-order valence-electron chi connectivity index (χ0n) is 12.3. The van der Waals surface area contributed by atoms with Gasteiger partial charge in [0, 0.05) is 18.8 Å². The van der Waals surface area contributed by atoms with Crippen LogP contribution in [0.4, 0.5) is 0 Å². The van der Waals surface area contributed by atoms with Gasteiger partial charge < -0.3 is 15.0 Å². The molecule has 5 heteroatoms. The number of ether oxygens (including phenoxy) is 1. The Kier molecular flexibility index (Phi) is 4.60. The van der Waals surface area contributed by atoms with Crippen molar-refractivity contribution in [3.8, 4) is 0 Å². The first-order chi connectivity index (χ1) is 9.51. The summed E-state index contributed by atoms with van der Waals surface area (Å²) < 4.78 is 5.31. The van der Waals surface area contributed by atoms with E-state index in [1.54, 1.807) is 14.0 Å². The van der Waals surface area contributed by atoms with Crippen LogP contribution < -0.4 is 10.9 Å². The van der Waals surface area contributed by atoms with Crippen molar-refractivity contribution in [2.75, 3.05) is 7.11 Å². The largest absolute Gasteiger partial charge is 0.381 e. The second kappa shape index (κ2) is 6.22. The third-order valence-corrected chi connectivity index (χ3v) is 3.93. The van der Waals surface area contributed by atoms with Gasteiger partial charge in [0.25, 0.3) is 11.5 Å². The van der Waals surface area contributed by atoms with Crippen LogP contribution in [-0.2, 0) is 4.74 Å². The molecule has 1 fully saturated rings. The molecule has 0 atom stereocenters. The number of methoxy groups -OCH3 is 1. The fourth-order valence-electron chi connectivity index (χ4n) is 2.84. The highest BCUT2D eigenvalue weighted by Gasteiger charge is 2.24. The van der Waals surface area contributed by atoms with Crippen LogP contribution in [0.1, 0.15) is 47.3 Å². The van der Waals surface area contributed by atoms with Gasteiger partial charge >= 0.3 is 0 Å². The van der Waals surface area contributed by atoms with Crippen LogP contribution in [0.5, 0.6) is 0 Å². The molecule has 1 amide bonds. The number of hydrogen-bond donors (Lipinski definition) is 2. The summed E-state index contributed by atoms with van der Waals surface area (Å²) in [6.45, 7) is 3.60. The first kappa shape index (κ1) is 14.8. The quantitative estimate of drug-likeness (QED) is 0.883. The van der Waals surface area contributed by atoms with E-state index >= 15 is 0 Å². The van der Waals surface area contributed by atoms with Crippen molar-refractivity contribution in [1.82, 2.24) is 10.3 Å². The predicted octanol–water partition coefficient (Wildman–Crippen LogP) is 1.68. The van der Waals surface area contributed by atoms with Gasteiger partial charge in [0.15, 0.2) is 0 Å². The number of carbonyl (C=O) groups is 1. The number of nitrogens with one attached hydrogen (secondary N) is 2. The van der Waals surface area contributed by atoms with Crippen LogP contribution in [0, 0.1) is 13.8 Å². The molecule has 1 saturated carbocycles. The zero-order valence-corrected chi connectivity index (χ0v) is 12.3. The highest BCUT2D eigenvalue weighted by atomic mass is 16.5. The molecule has 1 aliphatic carbocycles. The van der Waals surface area contributed by atoms with Crippen molar-refractivity contribution < 1.29 is 9.53 Å². The van der Waals surface area contributed by atoms with Crippen LogP contribution in [0.2, 0.25) is 0 Å². The van der Waals surface area contributed by atoms with Crippen LogP contribution >= 0.6 is 0 Å². The number of amides is 1. The molecule has 0 saturated heterocycles. The Labute approximate surface area is 118 Å². The maximum absolute atomic E-state index is 12.3. The van der Waals surface area contributed by atoms with Gasteiger partial charge in [-0.25, -0.2) is 0 Å². The molecular formula is C15H22N2O3. The van der Waals surface area contributed by atoms with Crippen LogP contribution in [0.3, 0.4) is 0 Å². The van der Waals surface area contributed by atoms with Crippen molar-refractivity contribution in [1.29, 1.82) is 0 Å². The van der Waals surface area contributed by atoms with E-state index in [0.717, 1.165) is 31.4 Å². The summed E-state index contributed by atoms with van der Waals surface area (Å²) in [5.74, 6) is -0.274. The highest BCUT2D eigenvalue weighted by molar-refractivity contribution is 5.95. The van der Waals surface area contributed by atoms with E-state index in [4.69, 9.17) is 4.74 Å². The predicted molar refractivity (Wildman–Crippen MR) is 77.1 cm³/mol. The molecule has 2 rings (SSSR count). The Morgan fingerprint density at radius 2 is 1.95 bits per heavy atom. The topological polar surface area (TPSA) is 71.2 Å². The standard InChI is InChI=1S/C15H22N2O3/c1-9-8-10(2)16-14(18)13(9)15(19)17-11-4-6-12(20-3)7-5-11/h8,11-12H,4-7H2,1-3H3,(H,16,18)(H,17,19). The summed E-state index contributed by atoms with van der Waals surface area (Å²) in [7, 11) is 1.72. The van der Waals surface area contributed by atoms with Crippen molar-refractivity contribution >= 4 is 5.91 Å². The molecule has 110 valence electrons. The summed E-state index contributed by atoms with van der Waals surface area (Å²) in [5.41, 5.74) is 1.40. The highest BCUT2D eigenvalue weighted by Crippen LogP contribution is 2.20. The van der Waals surface area contributed by atoms with E-state index in [-0.39, 0.29) is 23.1 Å². The number of aromatic amines is 1. The second-order valence-electron chi connectivity index (χ2n) is 5.52. The van der Waals surface area contributed by atoms with Crippen molar-refractivity contribution in [2.24, 2.45) is 0 Å². The average molecular weight is 278 g/mol. The second-order valence-corrected chi connectivity index (χ2v) is 5.52. The molecule has 20 heavy (non-hydrogen) atoms. The third kappa shape index (κ3) is 3.28. The Morgan fingerprint density at radius 3 is 2.50 bits per heavy atom. The van der Waals surface area contributed by atoms with Crippen LogP contribution in [0.15, 0.2) is 10.9 Å². The minimum Gasteiger partial charge on any atom is -0.381 e. The lowest BCUT2D eigenvalue weighted by molar-refractivity contribution is 0.0599. The van der Waals surface area contributed by atoms with Gasteiger partial charge in [-0.15, -0.1) is 0 Å². The molecule has 0 radical (unpaired) electrons. The van der Waals surface area contributed by atoms with Gasteiger partial charge in [-0.2, -0.15) is 0 Å². The first-order valence-corrected chi connectivity index (χ1v) is 7.05. The smallest absolute Gasteiger partial charge is 0.261 e. The summed E-state index contributed by atoms with van der Waals surface area (Å²) in [4.78, 5) is 26.8. The Hall–Kier alpha value is -1.62. The van der Waals surface area contributed by atoms with E-state index in [9.17, 15) is 9.59 Å².